The van der Waals surface area contributed by atoms with Crippen LogP contribution >= 0.6 is 34.5 Å². The molecule has 0 aliphatic heterocycles. The monoisotopic (exact) mass is 343 g/mol. The third kappa shape index (κ3) is 4.45. The predicted molar refractivity (Wildman–Crippen MR) is 87.1 cm³/mol. The van der Waals surface area contributed by atoms with E-state index >= 15 is 0 Å². The van der Waals surface area contributed by atoms with Crippen LogP contribution in [0.25, 0.3) is 0 Å². The second kappa shape index (κ2) is 6.79. The van der Waals surface area contributed by atoms with Crippen LogP contribution in [0.2, 0.25) is 10.0 Å². The van der Waals surface area contributed by atoms with Crippen molar-refractivity contribution in [2.24, 2.45) is 0 Å². The summed E-state index contributed by atoms with van der Waals surface area (Å²) in [6.07, 6.45) is 0.149. The van der Waals surface area contributed by atoms with Gasteiger partial charge in [0, 0.05) is 14.9 Å². The standard InChI is InChI=1S/C15H15Cl2NO2S/c1-15(20,13-3-2-6-21-13)9-18-14(19)7-10-4-5-11(16)8-12(10)17/h2-6,8,20H,7,9H2,1H3,(H,18,19). The second-order valence-electron chi connectivity index (χ2n) is 4.94. The average molecular weight is 344 g/mol. The van der Waals surface area contributed by atoms with Gasteiger partial charge in [-0.05, 0) is 36.1 Å². The number of thiophene rings is 1. The van der Waals surface area contributed by atoms with E-state index in [-0.39, 0.29) is 18.9 Å². The summed E-state index contributed by atoms with van der Waals surface area (Å²) in [5.74, 6) is -0.198. The molecule has 3 nitrogen and oxygen atoms in total. The van der Waals surface area contributed by atoms with E-state index in [1.165, 1.54) is 11.3 Å². The van der Waals surface area contributed by atoms with Crippen LogP contribution in [0.3, 0.4) is 0 Å². The number of halogens is 2. The van der Waals surface area contributed by atoms with Crippen molar-refractivity contribution in [1.82, 2.24) is 5.32 Å². The summed E-state index contributed by atoms with van der Waals surface area (Å²) in [7, 11) is 0. The Kier molecular flexibility index (Phi) is 5.27. The normalized spacial score (nSPS) is 13.7. The van der Waals surface area contributed by atoms with Crippen LogP contribution in [0.4, 0.5) is 0 Å². The molecule has 1 unspecified atom stereocenters. The van der Waals surface area contributed by atoms with Gasteiger partial charge in [0.1, 0.15) is 5.60 Å². The number of carbonyl (C=O) groups is 1. The molecule has 0 saturated heterocycles. The molecule has 0 radical (unpaired) electrons. The number of aliphatic hydroxyl groups is 1. The van der Waals surface area contributed by atoms with E-state index in [0.29, 0.717) is 15.6 Å². The van der Waals surface area contributed by atoms with Gasteiger partial charge in [-0.3, -0.25) is 4.79 Å². The Bertz CT molecular complexity index is 627. The van der Waals surface area contributed by atoms with Crippen molar-refractivity contribution in [3.05, 3.63) is 56.2 Å². The Morgan fingerprint density at radius 3 is 2.76 bits per heavy atom. The Morgan fingerprint density at radius 2 is 2.14 bits per heavy atom. The maximum absolute atomic E-state index is 12.0. The number of carbonyl (C=O) groups excluding carboxylic acids is 1. The van der Waals surface area contributed by atoms with Gasteiger partial charge in [0.2, 0.25) is 5.91 Å². The third-order valence-electron chi connectivity index (χ3n) is 3.05. The first-order valence-corrected chi connectivity index (χ1v) is 7.99. The van der Waals surface area contributed by atoms with Crippen molar-refractivity contribution in [1.29, 1.82) is 0 Å². The summed E-state index contributed by atoms with van der Waals surface area (Å²) in [5, 5.41) is 15.9. The van der Waals surface area contributed by atoms with E-state index in [4.69, 9.17) is 23.2 Å². The van der Waals surface area contributed by atoms with E-state index in [0.717, 1.165) is 4.88 Å². The number of hydrogen-bond acceptors (Lipinski definition) is 3. The number of hydrogen-bond donors (Lipinski definition) is 2. The summed E-state index contributed by atoms with van der Waals surface area (Å²) in [4.78, 5) is 12.8. The van der Waals surface area contributed by atoms with Gasteiger partial charge in [0.15, 0.2) is 0 Å². The fourth-order valence-electron chi connectivity index (χ4n) is 1.84. The van der Waals surface area contributed by atoms with Crippen molar-refractivity contribution < 1.29 is 9.90 Å². The molecular formula is C15H15Cl2NO2S. The van der Waals surface area contributed by atoms with Crippen LogP contribution in [0, 0.1) is 0 Å². The van der Waals surface area contributed by atoms with Crippen molar-refractivity contribution >= 4 is 40.4 Å². The van der Waals surface area contributed by atoms with Gasteiger partial charge in [-0.1, -0.05) is 35.3 Å². The molecule has 112 valence electrons. The van der Waals surface area contributed by atoms with Gasteiger partial charge in [-0.25, -0.2) is 0 Å². The van der Waals surface area contributed by atoms with E-state index < -0.39 is 5.60 Å². The lowest BCUT2D eigenvalue weighted by Crippen LogP contribution is -2.38. The van der Waals surface area contributed by atoms with Gasteiger partial charge in [0.05, 0.1) is 13.0 Å². The number of nitrogens with one attached hydrogen (secondary N) is 1. The fraction of sp³-hybridized carbons (Fsp3) is 0.267. The summed E-state index contributed by atoms with van der Waals surface area (Å²) >= 11 is 13.3. The third-order valence-corrected chi connectivity index (χ3v) is 4.76. The molecule has 0 saturated carbocycles. The highest BCUT2D eigenvalue weighted by Gasteiger charge is 2.24. The van der Waals surface area contributed by atoms with E-state index in [9.17, 15) is 9.90 Å². The Morgan fingerprint density at radius 1 is 1.38 bits per heavy atom. The number of amides is 1. The van der Waals surface area contributed by atoms with Gasteiger partial charge >= 0.3 is 0 Å². The maximum Gasteiger partial charge on any atom is 0.224 e. The zero-order chi connectivity index (χ0) is 15.5. The van der Waals surface area contributed by atoms with Crippen LogP contribution in [0.1, 0.15) is 17.4 Å². The highest BCUT2D eigenvalue weighted by atomic mass is 35.5. The molecule has 1 aromatic heterocycles. The topological polar surface area (TPSA) is 49.3 Å². The molecule has 0 aliphatic rings. The van der Waals surface area contributed by atoms with Gasteiger partial charge in [-0.15, -0.1) is 11.3 Å². The molecule has 0 fully saturated rings. The highest BCUT2D eigenvalue weighted by molar-refractivity contribution is 7.10. The molecule has 1 atom stereocenters. The maximum atomic E-state index is 12.0. The molecule has 0 bridgehead atoms. The summed E-state index contributed by atoms with van der Waals surface area (Å²) in [5.41, 5.74) is -0.373. The number of rotatable bonds is 5. The Balaban J connectivity index is 1.93. The molecule has 1 aromatic carbocycles. The minimum atomic E-state index is -1.08. The van der Waals surface area contributed by atoms with Crippen LogP contribution in [-0.2, 0) is 16.8 Å². The molecule has 0 spiro atoms. The lowest BCUT2D eigenvalue weighted by atomic mass is 10.0. The Labute approximate surface area is 137 Å². The zero-order valence-corrected chi connectivity index (χ0v) is 13.7. The van der Waals surface area contributed by atoms with Gasteiger partial charge in [-0.2, -0.15) is 0 Å². The zero-order valence-electron chi connectivity index (χ0n) is 11.4. The molecule has 1 amide bonds. The molecule has 6 heteroatoms. The summed E-state index contributed by atoms with van der Waals surface area (Å²) in [6.45, 7) is 1.83. The smallest absolute Gasteiger partial charge is 0.224 e. The molecule has 2 aromatic rings. The largest absolute Gasteiger partial charge is 0.383 e. The van der Waals surface area contributed by atoms with Crippen LogP contribution < -0.4 is 5.32 Å². The molecular weight excluding hydrogens is 329 g/mol. The average Bonchev–Trinajstić information content (AvgIpc) is 2.95. The Hall–Kier alpha value is -1.07. The van der Waals surface area contributed by atoms with Gasteiger partial charge < -0.3 is 10.4 Å². The highest BCUT2D eigenvalue weighted by Crippen LogP contribution is 2.25. The predicted octanol–water partition coefficient (Wildman–Crippen LogP) is 3.62. The van der Waals surface area contributed by atoms with E-state index in [1.807, 2.05) is 17.5 Å². The van der Waals surface area contributed by atoms with E-state index in [2.05, 4.69) is 5.32 Å². The van der Waals surface area contributed by atoms with Crippen molar-refractivity contribution in [3.8, 4) is 0 Å². The van der Waals surface area contributed by atoms with Gasteiger partial charge in [0.25, 0.3) is 0 Å². The van der Waals surface area contributed by atoms with Crippen LogP contribution in [-0.4, -0.2) is 17.6 Å². The minimum Gasteiger partial charge on any atom is -0.383 e. The second-order valence-corrected chi connectivity index (χ2v) is 6.73. The molecule has 21 heavy (non-hydrogen) atoms. The lowest BCUT2D eigenvalue weighted by molar-refractivity contribution is -0.121. The van der Waals surface area contributed by atoms with Crippen molar-refractivity contribution in [2.45, 2.75) is 18.9 Å². The first-order chi connectivity index (χ1) is 9.88. The summed E-state index contributed by atoms with van der Waals surface area (Å²) in [6, 6.07) is 8.73. The van der Waals surface area contributed by atoms with Crippen LogP contribution in [0.5, 0.6) is 0 Å². The van der Waals surface area contributed by atoms with Crippen molar-refractivity contribution in [2.75, 3.05) is 6.54 Å². The fourth-order valence-corrected chi connectivity index (χ4v) is 3.11. The molecule has 1 heterocycles. The molecule has 0 aliphatic carbocycles. The SMILES string of the molecule is CC(O)(CNC(=O)Cc1ccc(Cl)cc1Cl)c1cccs1. The number of benzene rings is 1. The quantitative estimate of drug-likeness (QED) is 0.870. The first-order valence-electron chi connectivity index (χ1n) is 6.35. The van der Waals surface area contributed by atoms with Crippen molar-refractivity contribution in [3.63, 3.8) is 0 Å². The minimum absolute atomic E-state index is 0.149. The molecule has 2 rings (SSSR count). The van der Waals surface area contributed by atoms with Crippen LogP contribution in [0.15, 0.2) is 35.7 Å². The first kappa shape index (κ1) is 16.3. The molecule has 2 N–H and O–H groups in total. The lowest BCUT2D eigenvalue weighted by Gasteiger charge is -2.22. The van der Waals surface area contributed by atoms with E-state index in [1.54, 1.807) is 25.1 Å². The summed E-state index contributed by atoms with van der Waals surface area (Å²) < 4.78 is 0.